The van der Waals surface area contributed by atoms with Crippen LogP contribution in [0, 0.1) is 6.92 Å². The van der Waals surface area contributed by atoms with E-state index >= 15 is 0 Å². The summed E-state index contributed by atoms with van der Waals surface area (Å²) < 4.78 is 8.06. The lowest BCUT2D eigenvalue weighted by Crippen LogP contribution is -2.14. The molecule has 4 heteroatoms. The summed E-state index contributed by atoms with van der Waals surface area (Å²) in [4.78, 5) is 0. The molecule has 0 bridgehead atoms. The van der Waals surface area contributed by atoms with Gasteiger partial charge in [0.25, 0.3) is 0 Å². The Labute approximate surface area is 143 Å². The van der Waals surface area contributed by atoms with Gasteiger partial charge in [0.1, 0.15) is 11.5 Å². The number of halogens is 2. The predicted octanol–water partition coefficient (Wildman–Crippen LogP) is 5.81. The van der Waals surface area contributed by atoms with E-state index in [4.69, 9.17) is 4.74 Å². The number of benzene rings is 2. The zero-order chi connectivity index (χ0) is 15.2. The molecule has 0 heterocycles. The van der Waals surface area contributed by atoms with Crippen molar-refractivity contribution >= 4 is 31.9 Å². The topological polar surface area (TPSA) is 21.3 Å². The second-order valence-electron chi connectivity index (χ2n) is 4.94. The smallest absolute Gasteiger partial charge is 0.128 e. The van der Waals surface area contributed by atoms with E-state index in [2.05, 4.69) is 57.1 Å². The molecule has 21 heavy (non-hydrogen) atoms. The fourth-order valence-electron chi connectivity index (χ4n) is 1.95. The summed E-state index contributed by atoms with van der Waals surface area (Å²) in [5.41, 5.74) is 2.40. The van der Waals surface area contributed by atoms with Crippen LogP contribution in [0.25, 0.3) is 0 Å². The molecule has 1 N–H and O–H groups in total. The van der Waals surface area contributed by atoms with E-state index in [0.29, 0.717) is 0 Å². The Hall–Kier alpha value is -0.840. The molecule has 112 valence electrons. The minimum atomic E-state index is 0.836. The monoisotopic (exact) mass is 411 g/mol. The molecule has 0 saturated heterocycles. The van der Waals surface area contributed by atoms with E-state index in [0.717, 1.165) is 45.5 Å². The van der Waals surface area contributed by atoms with E-state index < -0.39 is 0 Å². The Balaban J connectivity index is 2.07. The molecule has 0 aliphatic rings. The van der Waals surface area contributed by atoms with Crippen molar-refractivity contribution in [1.29, 1.82) is 0 Å². The summed E-state index contributed by atoms with van der Waals surface area (Å²) in [5.74, 6) is 1.68. The van der Waals surface area contributed by atoms with Gasteiger partial charge < -0.3 is 10.1 Å². The highest BCUT2D eigenvalue weighted by Crippen LogP contribution is 2.29. The fourth-order valence-corrected chi connectivity index (χ4v) is 2.70. The van der Waals surface area contributed by atoms with Crippen LogP contribution in [0.15, 0.2) is 45.3 Å². The van der Waals surface area contributed by atoms with Crippen LogP contribution >= 0.6 is 31.9 Å². The standard InChI is InChI=1S/C17H19Br2NO/c1-3-8-20-11-13-4-5-15(10-17(13)19)21-14-6-7-16(18)12(2)9-14/h4-7,9-10,20H,3,8,11H2,1-2H3. The van der Waals surface area contributed by atoms with Gasteiger partial charge >= 0.3 is 0 Å². The number of rotatable bonds is 6. The first kappa shape index (κ1) is 16.5. The van der Waals surface area contributed by atoms with Gasteiger partial charge in [0.05, 0.1) is 0 Å². The number of ether oxygens (including phenoxy) is 1. The van der Waals surface area contributed by atoms with Gasteiger partial charge in [0, 0.05) is 15.5 Å². The maximum absolute atomic E-state index is 5.90. The number of nitrogens with one attached hydrogen (secondary N) is 1. The quantitative estimate of drug-likeness (QED) is 0.604. The van der Waals surface area contributed by atoms with Crippen molar-refractivity contribution in [2.75, 3.05) is 6.54 Å². The van der Waals surface area contributed by atoms with Gasteiger partial charge in [0.2, 0.25) is 0 Å². The van der Waals surface area contributed by atoms with Crippen molar-refractivity contribution in [2.24, 2.45) is 0 Å². The molecule has 0 amide bonds. The van der Waals surface area contributed by atoms with Gasteiger partial charge in [-0.1, -0.05) is 44.8 Å². The molecule has 2 aromatic carbocycles. The third-order valence-corrected chi connectivity index (χ3v) is 4.76. The molecule has 2 aromatic rings. The second kappa shape index (κ2) is 7.97. The Bertz CT molecular complexity index is 614. The maximum Gasteiger partial charge on any atom is 0.128 e. The van der Waals surface area contributed by atoms with Gasteiger partial charge in [0.15, 0.2) is 0 Å². The van der Waals surface area contributed by atoms with Gasteiger partial charge in [-0.3, -0.25) is 0 Å². The molecule has 0 aliphatic carbocycles. The molecule has 0 radical (unpaired) electrons. The van der Waals surface area contributed by atoms with Crippen molar-refractivity contribution < 1.29 is 4.74 Å². The molecule has 0 aromatic heterocycles. The van der Waals surface area contributed by atoms with Crippen molar-refractivity contribution in [3.05, 3.63) is 56.5 Å². The van der Waals surface area contributed by atoms with Crippen LogP contribution in [0.3, 0.4) is 0 Å². The third kappa shape index (κ3) is 4.83. The lowest BCUT2D eigenvalue weighted by atomic mass is 10.2. The molecule has 0 spiro atoms. The third-order valence-electron chi connectivity index (χ3n) is 3.13. The van der Waals surface area contributed by atoms with Gasteiger partial charge in [-0.05, 0) is 61.3 Å². The summed E-state index contributed by atoms with van der Waals surface area (Å²) in [5, 5.41) is 3.40. The Morgan fingerprint density at radius 2 is 1.71 bits per heavy atom. The zero-order valence-electron chi connectivity index (χ0n) is 12.2. The van der Waals surface area contributed by atoms with Crippen LogP contribution < -0.4 is 10.1 Å². The minimum Gasteiger partial charge on any atom is -0.457 e. The normalized spacial score (nSPS) is 10.7. The number of hydrogen-bond acceptors (Lipinski definition) is 2. The molecule has 2 rings (SSSR count). The van der Waals surface area contributed by atoms with Gasteiger partial charge in [-0.2, -0.15) is 0 Å². The van der Waals surface area contributed by atoms with Crippen LogP contribution in [0.5, 0.6) is 11.5 Å². The molecule has 0 fully saturated rings. The summed E-state index contributed by atoms with van der Waals surface area (Å²) >= 11 is 7.11. The fraction of sp³-hybridized carbons (Fsp3) is 0.294. The Kier molecular flexibility index (Phi) is 6.27. The Morgan fingerprint density at radius 3 is 2.38 bits per heavy atom. The first-order valence-corrected chi connectivity index (χ1v) is 8.62. The van der Waals surface area contributed by atoms with Crippen LogP contribution in [-0.4, -0.2) is 6.54 Å². The highest BCUT2D eigenvalue weighted by atomic mass is 79.9. The van der Waals surface area contributed by atoms with Crippen LogP contribution in [0.2, 0.25) is 0 Å². The van der Waals surface area contributed by atoms with Crippen molar-refractivity contribution in [3.8, 4) is 11.5 Å². The molecule has 2 nitrogen and oxygen atoms in total. The van der Waals surface area contributed by atoms with Crippen molar-refractivity contribution in [1.82, 2.24) is 5.32 Å². The van der Waals surface area contributed by atoms with Crippen molar-refractivity contribution in [2.45, 2.75) is 26.8 Å². The predicted molar refractivity (Wildman–Crippen MR) is 95.1 cm³/mol. The van der Waals surface area contributed by atoms with E-state index in [9.17, 15) is 0 Å². The van der Waals surface area contributed by atoms with E-state index in [1.54, 1.807) is 0 Å². The van der Waals surface area contributed by atoms with Crippen LogP contribution in [-0.2, 0) is 6.54 Å². The van der Waals surface area contributed by atoms with Gasteiger partial charge in [-0.15, -0.1) is 0 Å². The lowest BCUT2D eigenvalue weighted by molar-refractivity contribution is 0.481. The largest absolute Gasteiger partial charge is 0.457 e. The first-order valence-electron chi connectivity index (χ1n) is 7.03. The van der Waals surface area contributed by atoms with E-state index in [1.807, 2.05) is 30.3 Å². The van der Waals surface area contributed by atoms with Crippen LogP contribution in [0.1, 0.15) is 24.5 Å². The summed E-state index contributed by atoms with van der Waals surface area (Å²) in [6.07, 6.45) is 1.14. The molecular weight excluding hydrogens is 394 g/mol. The highest BCUT2D eigenvalue weighted by molar-refractivity contribution is 9.10. The molecule has 0 saturated carbocycles. The molecular formula is C17H19Br2NO. The summed E-state index contributed by atoms with van der Waals surface area (Å²) in [6, 6.07) is 12.1. The van der Waals surface area contributed by atoms with Crippen LogP contribution in [0.4, 0.5) is 0 Å². The zero-order valence-corrected chi connectivity index (χ0v) is 15.4. The van der Waals surface area contributed by atoms with E-state index in [1.165, 1.54) is 5.56 Å². The van der Waals surface area contributed by atoms with Gasteiger partial charge in [-0.25, -0.2) is 0 Å². The summed E-state index contributed by atoms with van der Waals surface area (Å²) in [7, 11) is 0. The second-order valence-corrected chi connectivity index (χ2v) is 6.65. The number of hydrogen-bond donors (Lipinski definition) is 1. The molecule has 0 aliphatic heterocycles. The number of aryl methyl sites for hydroxylation is 1. The Morgan fingerprint density at radius 1 is 1.00 bits per heavy atom. The lowest BCUT2D eigenvalue weighted by Gasteiger charge is -2.10. The molecule has 0 unspecified atom stereocenters. The average Bonchev–Trinajstić information content (AvgIpc) is 2.45. The van der Waals surface area contributed by atoms with E-state index in [-0.39, 0.29) is 0 Å². The summed E-state index contributed by atoms with van der Waals surface area (Å²) in [6.45, 7) is 6.11. The highest BCUT2D eigenvalue weighted by Gasteiger charge is 2.04. The average molecular weight is 413 g/mol. The molecule has 0 atom stereocenters. The maximum atomic E-state index is 5.90. The first-order chi connectivity index (χ1) is 10.1. The minimum absolute atomic E-state index is 0.836. The van der Waals surface area contributed by atoms with Crippen molar-refractivity contribution in [3.63, 3.8) is 0 Å². The SMILES string of the molecule is CCCNCc1ccc(Oc2ccc(Br)c(C)c2)cc1Br.